The Hall–Kier alpha value is -0.610. The molecule has 94 valence electrons. The van der Waals surface area contributed by atoms with Crippen LogP contribution >= 0.6 is 0 Å². The largest absolute Gasteiger partial charge is 0.338 e. The van der Waals surface area contributed by atoms with Crippen LogP contribution in [0.1, 0.15) is 33.6 Å². The number of hydrogen-bond acceptors (Lipinski definition) is 3. The van der Waals surface area contributed by atoms with Crippen LogP contribution < -0.4 is 5.73 Å². The Morgan fingerprint density at radius 2 is 2.06 bits per heavy atom. The molecule has 0 aliphatic carbocycles. The summed E-state index contributed by atoms with van der Waals surface area (Å²) >= 11 is 0. The fraction of sp³-hybridized carbons (Fsp3) is 0.917. The van der Waals surface area contributed by atoms with Crippen LogP contribution in [0.3, 0.4) is 0 Å². The summed E-state index contributed by atoms with van der Waals surface area (Å²) in [6.45, 7) is 8.89. The number of hydrogen-bond donors (Lipinski definition) is 1. The Labute approximate surface area is 98.8 Å². The van der Waals surface area contributed by atoms with Gasteiger partial charge in [-0.3, -0.25) is 9.69 Å². The molecular weight excluding hydrogens is 202 g/mol. The van der Waals surface area contributed by atoms with Crippen molar-refractivity contribution in [3.05, 3.63) is 0 Å². The minimum absolute atomic E-state index is 0.0554. The van der Waals surface area contributed by atoms with Crippen molar-refractivity contribution in [3.8, 4) is 0 Å². The van der Waals surface area contributed by atoms with Gasteiger partial charge in [0.15, 0.2) is 0 Å². The van der Waals surface area contributed by atoms with Gasteiger partial charge in [-0.05, 0) is 27.3 Å². The summed E-state index contributed by atoms with van der Waals surface area (Å²) in [6, 6.07) is -0.316. The molecule has 4 heteroatoms. The molecule has 0 bridgehead atoms. The first-order valence-corrected chi connectivity index (χ1v) is 6.14. The van der Waals surface area contributed by atoms with Crippen molar-refractivity contribution in [3.63, 3.8) is 0 Å². The van der Waals surface area contributed by atoms with E-state index in [0.717, 1.165) is 32.5 Å². The molecule has 1 fully saturated rings. The number of piperazine rings is 1. The highest BCUT2D eigenvalue weighted by Gasteiger charge is 2.34. The van der Waals surface area contributed by atoms with Gasteiger partial charge in [0.2, 0.25) is 5.91 Å². The molecule has 0 aromatic carbocycles. The zero-order valence-corrected chi connectivity index (χ0v) is 11.0. The van der Waals surface area contributed by atoms with Crippen molar-refractivity contribution in [1.29, 1.82) is 0 Å². The fourth-order valence-corrected chi connectivity index (χ4v) is 2.10. The summed E-state index contributed by atoms with van der Waals surface area (Å²) in [4.78, 5) is 16.3. The van der Waals surface area contributed by atoms with Crippen LogP contribution in [0.15, 0.2) is 0 Å². The Morgan fingerprint density at radius 1 is 1.44 bits per heavy atom. The van der Waals surface area contributed by atoms with E-state index in [2.05, 4.69) is 32.7 Å². The smallest absolute Gasteiger partial charge is 0.239 e. The normalized spacial score (nSPS) is 23.2. The molecular formula is C12H25N3O. The van der Waals surface area contributed by atoms with Crippen molar-refractivity contribution in [1.82, 2.24) is 9.80 Å². The summed E-state index contributed by atoms with van der Waals surface area (Å²) < 4.78 is 0. The third-order valence-electron chi connectivity index (χ3n) is 3.55. The van der Waals surface area contributed by atoms with Crippen molar-refractivity contribution in [2.75, 3.05) is 26.7 Å². The molecule has 1 rings (SSSR count). The van der Waals surface area contributed by atoms with E-state index in [-0.39, 0.29) is 17.5 Å². The van der Waals surface area contributed by atoms with E-state index in [1.807, 2.05) is 4.90 Å². The second-order valence-electron chi connectivity index (χ2n) is 5.39. The third kappa shape index (κ3) is 2.95. The van der Waals surface area contributed by atoms with E-state index in [0.29, 0.717) is 0 Å². The van der Waals surface area contributed by atoms with E-state index in [1.165, 1.54) is 0 Å². The molecule has 1 saturated heterocycles. The van der Waals surface area contributed by atoms with Crippen molar-refractivity contribution >= 4 is 5.91 Å². The summed E-state index contributed by atoms with van der Waals surface area (Å²) in [5.41, 5.74) is 5.93. The van der Waals surface area contributed by atoms with Crippen molar-refractivity contribution in [2.45, 2.75) is 45.2 Å². The highest BCUT2D eigenvalue weighted by Crippen LogP contribution is 2.19. The molecule has 0 aromatic rings. The Bertz CT molecular complexity index is 253. The van der Waals surface area contributed by atoms with Crippen LogP contribution in [0, 0.1) is 0 Å². The predicted molar refractivity (Wildman–Crippen MR) is 66.2 cm³/mol. The van der Waals surface area contributed by atoms with Gasteiger partial charge in [-0.15, -0.1) is 0 Å². The monoisotopic (exact) mass is 227 g/mol. The van der Waals surface area contributed by atoms with Crippen LogP contribution in [0.5, 0.6) is 0 Å². The van der Waals surface area contributed by atoms with Crippen LogP contribution in [-0.4, -0.2) is 54.0 Å². The standard InChI is InChI=1S/C12H25N3O/c1-5-6-10(13)11(16)15-8-7-14(4)12(2,3)9-15/h10H,5-9,13H2,1-4H3/t10-/m0/s1. The van der Waals surface area contributed by atoms with E-state index in [4.69, 9.17) is 5.73 Å². The number of carbonyl (C=O) groups is 1. The summed E-state index contributed by atoms with van der Waals surface area (Å²) in [6.07, 6.45) is 1.75. The van der Waals surface area contributed by atoms with Gasteiger partial charge >= 0.3 is 0 Å². The van der Waals surface area contributed by atoms with Crippen LogP contribution in [-0.2, 0) is 4.79 Å². The molecule has 0 radical (unpaired) electrons. The lowest BCUT2D eigenvalue weighted by atomic mass is 9.99. The maximum absolute atomic E-state index is 12.1. The van der Waals surface area contributed by atoms with Crippen LogP contribution in [0.25, 0.3) is 0 Å². The minimum atomic E-state index is -0.316. The first-order valence-electron chi connectivity index (χ1n) is 6.14. The second kappa shape index (κ2) is 5.15. The predicted octanol–water partition coefficient (Wildman–Crippen LogP) is 0.666. The number of rotatable bonds is 3. The topological polar surface area (TPSA) is 49.6 Å². The third-order valence-corrected chi connectivity index (χ3v) is 3.55. The molecule has 1 aliphatic heterocycles. The van der Waals surface area contributed by atoms with E-state index >= 15 is 0 Å². The van der Waals surface area contributed by atoms with Crippen molar-refractivity contribution in [2.24, 2.45) is 5.73 Å². The molecule has 0 saturated carbocycles. The summed E-state index contributed by atoms with van der Waals surface area (Å²) in [7, 11) is 2.10. The average Bonchev–Trinajstić information content (AvgIpc) is 2.21. The quantitative estimate of drug-likeness (QED) is 0.771. The van der Waals surface area contributed by atoms with E-state index in [1.54, 1.807) is 0 Å². The summed E-state index contributed by atoms with van der Waals surface area (Å²) in [5, 5.41) is 0. The molecule has 1 aliphatic rings. The van der Waals surface area contributed by atoms with Gasteiger partial charge in [0.05, 0.1) is 6.04 Å². The second-order valence-corrected chi connectivity index (χ2v) is 5.39. The molecule has 1 heterocycles. The Morgan fingerprint density at radius 3 is 2.56 bits per heavy atom. The van der Waals surface area contributed by atoms with E-state index in [9.17, 15) is 4.79 Å². The molecule has 4 nitrogen and oxygen atoms in total. The van der Waals surface area contributed by atoms with E-state index < -0.39 is 0 Å². The highest BCUT2D eigenvalue weighted by atomic mass is 16.2. The zero-order valence-electron chi connectivity index (χ0n) is 11.0. The highest BCUT2D eigenvalue weighted by molar-refractivity contribution is 5.81. The van der Waals surface area contributed by atoms with Gasteiger partial charge in [-0.1, -0.05) is 13.3 Å². The molecule has 16 heavy (non-hydrogen) atoms. The van der Waals surface area contributed by atoms with Gasteiger partial charge in [-0.2, -0.15) is 0 Å². The van der Waals surface area contributed by atoms with Crippen LogP contribution in [0.4, 0.5) is 0 Å². The molecule has 0 unspecified atom stereocenters. The lowest BCUT2D eigenvalue weighted by Gasteiger charge is -2.45. The number of likely N-dealkylation sites (N-methyl/N-ethyl adjacent to an activating group) is 1. The number of amides is 1. The molecule has 0 aromatic heterocycles. The number of carbonyl (C=O) groups excluding carboxylic acids is 1. The molecule has 1 amide bonds. The van der Waals surface area contributed by atoms with Gasteiger partial charge in [0.25, 0.3) is 0 Å². The molecule has 0 spiro atoms. The maximum atomic E-state index is 12.1. The van der Waals surface area contributed by atoms with Gasteiger partial charge in [0, 0.05) is 25.2 Å². The van der Waals surface area contributed by atoms with Gasteiger partial charge in [-0.25, -0.2) is 0 Å². The maximum Gasteiger partial charge on any atom is 0.239 e. The number of nitrogens with zero attached hydrogens (tertiary/aromatic N) is 2. The lowest BCUT2D eigenvalue weighted by Crippen LogP contribution is -2.61. The minimum Gasteiger partial charge on any atom is -0.338 e. The molecule has 2 N–H and O–H groups in total. The van der Waals surface area contributed by atoms with Crippen LogP contribution in [0.2, 0.25) is 0 Å². The first-order chi connectivity index (χ1) is 7.38. The fourth-order valence-electron chi connectivity index (χ4n) is 2.10. The number of nitrogens with two attached hydrogens (primary N) is 1. The average molecular weight is 227 g/mol. The summed E-state index contributed by atoms with van der Waals surface area (Å²) in [5.74, 6) is 0.114. The Kier molecular flexibility index (Phi) is 4.33. The molecule has 1 atom stereocenters. The zero-order chi connectivity index (χ0) is 12.3. The lowest BCUT2D eigenvalue weighted by molar-refractivity contribution is -0.137. The Balaban J connectivity index is 2.59. The van der Waals surface area contributed by atoms with Crippen molar-refractivity contribution < 1.29 is 4.79 Å². The van der Waals surface area contributed by atoms with Gasteiger partial charge in [0.1, 0.15) is 0 Å². The van der Waals surface area contributed by atoms with Gasteiger partial charge < -0.3 is 10.6 Å². The SMILES string of the molecule is CCC[C@H](N)C(=O)N1CCN(C)C(C)(C)C1. The first kappa shape index (κ1) is 13.5.